The summed E-state index contributed by atoms with van der Waals surface area (Å²) in [7, 11) is 1.77. The Bertz CT molecular complexity index is 686. The van der Waals surface area contributed by atoms with Crippen molar-refractivity contribution in [2.75, 3.05) is 18.9 Å². The average Bonchev–Trinajstić information content (AvgIpc) is 3.08. The number of benzene rings is 1. The minimum Gasteiger partial charge on any atom is -0.342 e. The van der Waals surface area contributed by atoms with Crippen molar-refractivity contribution in [3.8, 4) is 0 Å². The molecule has 1 aromatic heterocycles. The number of anilines is 1. The fourth-order valence-electron chi connectivity index (χ4n) is 2.06. The zero-order valence-corrected chi connectivity index (χ0v) is 14.7. The lowest BCUT2D eigenvalue weighted by Gasteiger charge is -2.17. The van der Waals surface area contributed by atoms with Gasteiger partial charge in [0.15, 0.2) is 0 Å². The van der Waals surface area contributed by atoms with Gasteiger partial charge in [0.05, 0.1) is 15.6 Å². The van der Waals surface area contributed by atoms with Gasteiger partial charge in [-0.3, -0.25) is 9.59 Å². The van der Waals surface area contributed by atoms with Crippen molar-refractivity contribution in [1.82, 2.24) is 4.90 Å². The summed E-state index contributed by atoms with van der Waals surface area (Å²) in [6, 6.07) is 8.48. The molecule has 0 spiro atoms. The average molecular weight is 351 g/mol. The predicted octanol–water partition coefficient (Wildman–Crippen LogP) is 4.53. The number of unbranched alkanes of at least 4 members (excludes halogenated alkanes) is 1. The van der Waals surface area contributed by atoms with Gasteiger partial charge in [-0.2, -0.15) is 0 Å². The van der Waals surface area contributed by atoms with Gasteiger partial charge in [-0.15, -0.1) is 11.3 Å². The highest BCUT2D eigenvalue weighted by Gasteiger charge is 2.15. The van der Waals surface area contributed by atoms with Gasteiger partial charge in [0.1, 0.15) is 0 Å². The van der Waals surface area contributed by atoms with Crippen LogP contribution in [0.5, 0.6) is 0 Å². The van der Waals surface area contributed by atoms with E-state index in [0.717, 1.165) is 12.8 Å². The third-order valence-electron chi connectivity index (χ3n) is 3.40. The van der Waals surface area contributed by atoms with E-state index in [1.54, 1.807) is 36.2 Å². The van der Waals surface area contributed by atoms with Crippen LogP contribution in [-0.2, 0) is 0 Å². The van der Waals surface area contributed by atoms with Crippen LogP contribution >= 0.6 is 22.9 Å². The van der Waals surface area contributed by atoms with E-state index < -0.39 is 0 Å². The van der Waals surface area contributed by atoms with Crippen LogP contribution < -0.4 is 5.32 Å². The Morgan fingerprint density at radius 3 is 2.74 bits per heavy atom. The van der Waals surface area contributed by atoms with E-state index in [-0.39, 0.29) is 11.8 Å². The van der Waals surface area contributed by atoms with E-state index in [9.17, 15) is 9.59 Å². The van der Waals surface area contributed by atoms with Crippen LogP contribution in [0.1, 0.15) is 39.8 Å². The Morgan fingerprint density at radius 2 is 2.09 bits per heavy atom. The molecule has 2 aromatic rings. The van der Waals surface area contributed by atoms with Crippen molar-refractivity contribution >= 4 is 40.4 Å². The summed E-state index contributed by atoms with van der Waals surface area (Å²) in [5, 5.41) is 5.00. The second-order valence-corrected chi connectivity index (χ2v) is 6.56. The van der Waals surface area contributed by atoms with Crippen LogP contribution in [0.3, 0.4) is 0 Å². The Morgan fingerprint density at radius 1 is 1.30 bits per heavy atom. The fraction of sp³-hybridized carbons (Fsp3) is 0.294. The molecule has 4 nitrogen and oxygen atoms in total. The first-order chi connectivity index (χ1) is 11.0. The van der Waals surface area contributed by atoms with Crippen LogP contribution in [0.4, 0.5) is 5.69 Å². The third-order valence-corrected chi connectivity index (χ3v) is 4.60. The van der Waals surface area contributed by atoms with Crippen LogP contribution in [0, 0.1) is 0 Å². The molecule has 1 heterocycles. The van der Waals surface area contributed by atoms with Crippen LogP contribution in [-0.4, -0.2) is 30.3 Å². The van der Waals surface area contributed by atoms with Crippen molar-refractivity contribution in [3.05, 3.63) is 51.2 Å². The lowest BCUT2D eigenvalue weighted by molar-refractivity contribution is 0.0793. The highest BCUT2D eigenvalue weighted by molar-refractivity contribution is 7.12. The van der Waals surface area contributed by atoms with E-state index in [2.05, 4.69) is 12.2 Å². The summed E-state index contributed by atoms with van der Waals surface area (Å²) >= 11 is 7.48. The van der Waals surface area contributed by atoms with E-state index in [4.69, 9.17) is 11.6 Å². The van der Waals surface area contributed by atoms with Crippen LogP contribution in [0.2, 0.25) is 5.02 Å². The quantitative estimate of drug-likeness (QED) is 0.832. The first-order valence-corrected chi connectivity index (χ1v) is 8.68. The summed E-state index contributed by atoms with van der Waals surface area (Å²) in [5.74, 6) is -0.312. The molecule has 0 saturated heterocycles. The fourth-order valence-corrected chi connectivity index (χ4v) is 2.85. The van der Waals surface area contributed by atoms with Crippen LogP contribution in [0.25, 0.3) is 0 Å². The van der Waals surface area contributed by atoms with Gasteiger partial charge in [-0.05, 0) is 36.1 Å². The second-order valence-electron chi connectivity index (χ2n) is 5.21. The number of amides is 2. The van der Waals surface area contributed by atoms with E-state index in [1.165, 1.54) is 11.3 Å². The number of nitrogens with one attached hydrogen (secondary N) is 1. The molecule has 0 radical (unpaired) electrons. The number of hydrogen-bond acceptors (Lipinski definition) is 3. The predicted molar refractivity (Wildman–Crippen MR) is 95.6 cm³/mol. The first kappa shape index (κ1) is 17.5. The highest BCUT2D eigenvalue weighted by Crippen LogP contribution is 2.25. The van der Waals surface area contributed by atoms with Crippen molar-refractivity contribution < 1.29 is 9.59 Å². The molecule has 0 atom stereocenters. The normalized spacial score (nSPS) is 10.4. The van der Waals surface area contributed by atoms with Crippen molar-refractivity contribution in [3.63, 3.8) is 0 Å². The SMILES string of the molecule is CCCCN(C)C(=O)c1ccc(Cl)c(NC(=O)c2cccs2)c1. The molecule has 1 aromatic carbocycles. The third kappa shape index (κ3) is 4.56. The molecule has 0 unspecified atom stereocenters. The Hall–Kier alpha value is -1.85. The van der Waals surface area contributed by atoms with E-state index in [1.807, 2.05) is 11.4 Å². The summed E-state index contributed by atoms with van der Waals surface area (Å²) in [6.45, 7) is 2.79. The largest absolute Gasteiger partial charge is 0.342 e. The molecule has 23 heavy (non-hydrogen) atoms. The monoisotopic (exact) mass is 350 g/mol. The minimum absolute atomic E-state index is 0.0817. The first-order valence-electron chi connectivity index (χ1n) is 7.42. The Labute approximate surface area is 145 Å². The molecule has 0 saturated carbocycles. The summed E-state index contributed by atoms with van der Waals surface area (Å²) in [5.41, 5.74) is 0.953. The number of rotatable bonds is 6. The summed E-state index contributed by atoms with van der Waals surface area (Å²) in [4.78, 5) is 26.8. The molecule has 0 aliphatic carbocycles. The number of thiophene rings is 1. The van der Waals surface area contributed by atoms with Crippen molar-refractivity contribution in [2.45, 2.75) is 19.8 Å². The molecule has 1 N–H and O–H groups in total. The van der Waals surface area contributed by atoms with Crippen molar-refractivity contribution in [1.29, 1.82) is 0 Å². The van der Waals surface area contributed by atoms with Gasteiger partial charge in [0.25, 0.3) is 11.8 Å². The van der Waals surface area contributed by atoms with Gasteiger partial charge in [-0.1, -0.05) is 31.0 Å². The zero-order valence-electron chi connectivity index (χ0n) is 13.1. The molecular formula is C17H19ClN2O2S. The highest BCUT2D eigenvalue weighted by atomic mass is 35.5. The zero-order chi connectivity index (χ0) is 16.8. The maximum atomic E-state index is 12.4. The van der Waals surface area contributed by atoms with Gasteiger partial charge in [0.2, 0.25) is 0 Å². The molecule has 0 aliphatic rings. The van der Waals surface area contributed by atoms with E-state index in [0.29, 0.717) is 27.7 Å². The van der Waals surface area contributed by atoms with E-state index >= 15 is 0 Å². The second kappa shape index (κ2) is 8.13. The Kier molecular flexibility index (Phi) is 6.19. The molecule has 122 valence electrons. The maximum absolute atomic E-state index is 12.4. The lowest BCUT2D eigenvalue weighted by Crippen LogP contribution is -2.27. The van der Waals surface area contributed by atoms with Gasteiger partial charge in [-0.25, -0.2) is 0 Å². The van der Waals surface area contributed by atoms with Crippen LogP contribution in [0.15, 0.2) is 35.7 Å². The summed E-state index contributed by atoms with van der Waals surface area (Å²) in [6.07, 6.45) is 1.98. The smallest absolute Gasteiger partial charge is 0.265 e. The molecular weight excluding hydrogens is 332 g/mol. The summed E-state index contributed by atoms with van der Waals surface area (Å²) < 4.78 is 0. The molecule has 2 rings (SSSR count). The van der Waals surface area contributed by atoms with Gasteiger partial charge >= 0.3 is 0 Å². The molecule has 6 heteroatoms. The number of nitrogens with zero attached hydrogens (tertiary/aromatic N) is 1. The number of carbonyl (C=O) groups excluding carboxylic acids is 2. The maximum Gasteiger partial charge on any atom is 0.265 e. The molecule has 0 fully saturated rings. The number of carbonyl (C=O) groups is 2. The molecule has 0 aliphatic heterocycles. The van der Waals surface area contributed by atoms with Gasteiger partial charge < -0.3 is 10.2 Å². The Balaban J connectivity index is 2.15. The number of halogens is 1. The standard InChI is InChI=1S/C17H19ClN2O2S/c1-3-4-9-20(2)17(22)12-7-8-13(18)14(11-12)19-16(21)15-6-5-10-23-15/h5-8,10-11H,3-4,9H2,1-2H3,(H,19,21). The van der Waals surface area contributed by atoms with Gasteiger partial charge in [0, 0.05) is 19.2 Å². The molecule has 0 bridgehead atoms. The lowest BCUT2D eigenvalue weighted by atomic mass is 10.1. The van der Waals surface area contributed by atoms with Crippen molar-refractivity contribution in [2.24, 2.45) is 0 Å². The number of hydrogen-bond donors (Lipinski definition) is 1. The minimum atomic E-state index is -0.231. The molecule has 2 amide bonds. The topological polar surface area (TPSA) is 49.4 Å².